The van der Waals surface area contributed by atoms with E-state index in [0.717, 1.165) is 27.7 Å². The summed E-state index contributed by atoms with van der Waals surface area (Å²) in [4.78, 5) is 4.54. The van der Waals surface area contributed by atoms with Crippen molar-refractivity contribution in [2.75, 3.05) is 0 Å². The molecule has 4 nitrogen and oxygen atoms in total. The number of aromatic nitrogens is 2. The van der Waals surface area contributed by atoms with E-state index in [-0.39, 0.29) is 5.92 Å². The molecule has 0 saturated heterocycles. The highest BCUT2D eigenvalue weighted by molar-refractivity contribution is 6.33. The van der Waals surface area contributed by atoms with Gasteiger partial charge in [0.15, 0.2) is 5.76 Å². The Kier molecular flexibility index (Phi) is 4.39. The Labute approximate surface area is 162 Å². The van der Waals surface area contributed by atoms with Gasteiger partial charge in [-0.25, -0.2) is 4.98 Å². The van der Waals surface area contributed by atoms with Crippen molar-refractivity contribution in [3.8, 4) is 28.5 Å². The van der Waals surface area contributed by atoms with E-state index in [1.54, 1.807) is 6.07 Å². The minimum atomic E-state index is 0.236. The van der Waals surface area contributed by atoms with Crippen LogP contribution in [0.15, 0.2) is 59.1 Å². The van der Waals surface area contributed by atoms with E-state index >= 15 is 0 Å². The van der Waals surface area contributed by atoms with Gasteiger partial charge in [-0.1, -0.05) is 60.9 Å². The van der Waals surface area contributed by atoms with E-state index in [1.165, 1.54) is 0 Å². The zero-order valence-corrected chi connectivity index (χ0v) is 15.7. The van der Waals surface area contributed by atoms with E-state index in [9.17, 15) is 5.26 Å². The summed E-state index contributed by atoms with van der Waals surface area (Å²) in [6.45, 7) is 4.11. The van der Waals surface area contributed by atoms with Gasteiger partial charge in [0.2, 0.25) is 0 Å². The second kappa shape index (κ2) is 6.86. The van der Waals surface area contributed by atoms with Gasteiger partial charge < -0.3 is 4.52 Å². The predicted octanol–water partition coefficient (Wildman–Crippen LogP) is 6.21. The Morgan fingerprint density at radius 3 is 2.48 bits per heavy atom. The van der Waals surface area contributed by atoms with Gasteiger partial charge in [-0.3, -0.25) is 0 Å². The lowest BCUT2D eigenvalue weighted by molar-refractivity contribution is 0.420. The van der Waals surface area contributed by atoms with Gasteiger partial charge in [0.1, 0.15) is 5.15 Å². The SMILES string of the molecule is CC(C)c1cc(-c2c(Cl)nc3ccc(C#N)cc3c2-c2ccccc2)on1. The molecular formula is C22H16ClN3O. The molecule has 0 aliphatic rings. The third-order valence-electron chi connectivity index (χ3n) is 4.50. The minimum Gasteiger partial charge on any atom is -0.356 e. The van der Waals surface area contributed by atoms with Gasteiger partial charge >= 0.3 is 0 Å². The summed E-state index contributed by atoms with van der Waals surface area (Å²) in [5.74, 6) is 0.805. The molecule has 2 aromatic heterocycles. The fourth-order valence-corrected chi connectivity index (χ4v) is 3.39. The number of fused-ring (bicyclic) bond motifs is 1. The van der Waals surface area contributed by atoms with Crippen molar-refractivity contribution >= 4 is 22.5 Å². The van der Waals surface area contributed by atoms with Crippen LogP contribution in [0.3, 0.4) is 0 Å². The molecule has 0 spiro atoms. The smallest absolute Gasteiger partial charge is 0.170 e. The van der Waals surface area contributed by atoms with Crippen LogP contribution in [0.4, 0.5) is 0 Å². The van der Waals surface area contributed by atoms with Crippen LogP contribution >= 0.6 is 11.6 Å². The maximum absolute atomic E-state index is 9.34. The Hall–Kier alpha value is -3.16. The number of rotatable bonds is 3. The summed E-state index contributed by atoms with van der Waals surface area (Å²) in [7, 11) is 0. The predicted molar refractivity (Wildman–Crippen MR) is 106 cm³/mol. The fourth-order valence-electron chi connectivity index (χ4n) is 3.11. The summed E-state index contributed by atoms with van der Waals surface area (Å²) in [5.41, 5.74) is 4.68. The van der Waals surface area contributed by atoms with Gasteiger partial charge in [-0.05, 0) is 29.7 Å². The molecule has 132 valence electrons. The van der Waals surface area contributed by atoms with Crippen molar-refractivity contribution in [3.63, 3.8) is 0 Å². The monoisotopic (exact) mass is 373 g/mol. The van der Waals surface area contributed by atoms with E-state index in [2.05, 4.69) is 30.1 Å². The first-order valence-electron chi connectivity index (χ1n) is 8.64. The topological polar surface area (TPSA) is 62.7 Å². The number of hydrogen-bond acceptors (Lipinski definition) is 4. The van der Waals surface area contributed by atoms with Gasteiger partial charge in [0.05, 0.1) is 28.4 Å². The zero-order valence-electron chi connectivity index (χ0n) is 14.9. The third-order valence-corrected chi connectivity index (χ3v) is 4.77. The molecule has 0 unspecified atom stereocenters. The highest BCUT2D eigenvalue weighted by Gasteiger charge is 2.21. The molecule has 0 atom stereocenters. The van der Waals surface area contributed by atoms with Crippen molar-refractivity contribution in [2.24, 2.45) is 0 Å². The van der Waals surface area contributed by atoms with Crippen LogP contribution in [0, 0.1) is 11.3 Å². The first-order chi connectivity index (χ1) is 13.1. The van der Waals surface area contributed by atoms with Gasteiger partial charge in [0, 0.05) is 17.0 Å². The molecular weight excluding hydrogens is 358 g/mol. The highest BCUT2D eigenvalue weighted by atomic mass is 35.5. The number of pyridine rings is 1. The van der Waals surface area contributed by atoms with Crippen molar-refractivity contribution in [1.29, 1.82) is 5.26 Å². The first-order valence-corrected chi connectivity index (χ1v) is 9.02. The van der Waals surface area contributed by atoms with Crippen LogP contribution in [0.25, 0.3) is 33.4 Å². The number of benzene rings is 2. The summed E-state index contributed by atoms with van der Waals surface area (Å²) >= 11 is 6.59. The maximum Gasteiger partial charge on any atom is 0.170 e. The Balaban J connectivity index is 2.10. The Morgan fingerprint density at radius 2 is 1.81 bits per heavy atom. The fraction of sp³-hybridized carbons (Fsp3) is 0.136. The first kappa shape index (κ1) is 17.3. The molecule has 0 fully saturated rings. The molecule has 2 aromatic carbocycles. The molecule has 0 aliphatic carbocycles. The molecule has 0 amide bonds. The van der Waals surface area contributed by atoms with E-state index in [0.29, 0.717) is 22.0 Å². The number of halogens is 1. The molecule has 0 aliphatic heterocycles. The molecule has 0 saturated carbocycles. The second-order valence-corrected chi connectivity index (χ2v) is 6.99. The largest absolute Gasteiger partial charge is 0.356 e. The quantitative estimate of drug-likeness (QED) is 0.401. The lowest BCUT2D eigenvalue weighted by Gasteiger charge is -2.13. The van der Waals surface area contributed by atoms with Crippen LogP contribution < -0.4 is 0 Å². The number of hydrogen-bond donors (Lipinski definition) is 0. The van der Waals surface area contributed by atoms with E-state index in [1.807, 2.05) is 48.5 Å². The van der Waals surface area contributed by atoms with E-state index < -0.39 is 0 Å². The molecule has 4 rings (SSSR count). The summed E-state index contributed by atoms with van der Waals surface area (Å²) < 4.78 is 5.62. The maximum atomic E-state index is 9.34. The van der Waals surface area contributed by atoms with Gasteiger partial charge in [-0.2, -0.15) is 5.26 Å². The summed E-state index contributed by atoms with van der Waals surface area (Å²) in [5, 5.41) is 14.7. The average molecular weight is 374 g/mol. The third kappa shape index (κ3) is 3.07. The molecule has 27 heavy (non-hydrogen) atoms. The van der Waals surface area contributed by atoms with Crippen LogP contribution in [0.2, 0.25) is 5.15 Å². The van der Waals surface area contributed by atoms with Crippen molar-refractivity contribution in [3.05, 3.63) is 71.0 Å². The van der Waals surface area contributed by atoms with Crippen LogP contribution in [0.5, 0.6) is 0 Å². The minimum absolute atomic E-state index is 0.236. The van der Waals surface area contributed by atoms with Crippen LogP contribution in [0.1, 0.15) is 31.0 Å². The molecule has 5 heteroatoms. The molecule has 4 aromatic rings. The van der Waals surface area contributed by atoms with E-state index in [4.69, 9.17) is 16.1 Å². The molecule has 0 bridgehead atoms. The summed E-state index contributed by atoms with van der Waals surface area (Å²) in [6.07, 6.45) is 0. The Bertz CT molecular complexity index is 1170. The normalized spacial score (nSPS) is 11.1. The lowest BCUT2D eigenvalue weighted by Crippen LogP contribution is -1.93. The molecule has 2 heterocycles. The summed E-state index contributed by atoms with van der Waals surface area (Å²) in [6, 6.07) is 19.4. The van der Waals surface area contributed by atoms with Crippen molar-refractivity contribution < 1.29 is 4.52 Å². The second-order valence-electron chi connectivity index (χ2n) is 6.63. The number of nitriles is 1. The average Bonchev–Trinajstić information content (AvgIpc) is 3.17. The molecule has 0 N–H and O–H groups in total. The van der Waals surface area contributed by atoms with Crippen LogP contribution in [-0.2, 0) is 0 Å². The van der Waals surface area contributed by atoms with Gasteiger partial charge in [-0.15, -0.1) is 0 Å². The molecule has 0 radical (unpaired) electrons. The highest BCUT2D eigenvalue weighted by Crippen LogP contribution is 2.42. The Morgan fingerprint density at radius 1 is 1.04 bits per heavy atom. The standard InChI is InChI=1S/C22H16ClN3O/c1-13(2)18-11-19(27-26-18)21-20(15-6-4-3-5-7-15)16-10-14(12-24)8-9-17(16)25-22(21)23/h3-11,13H,1-2H3. The van der Waals surface area contributed by atoms with Gasteiger partial charge in [0.25, 0.3) is 0 Å². The zero-order chi connectivity index (χ0) is 19.0. The van der Waals surface area contributed by atoms with Crippen LogP contribution in [-0.4, -0.2) is 10.1 Å². The number of nitrogens with zero attached hydrogens (tertiary/aromatic N) is 3. The van der Waals surface area contributed by atoms with Crippen molar-refractivity contribution in [2.45, 2.75) is 19.8 Å². The lowest BCUT2D eigenvalue weighted by atomic mass is 9.94. The van der Waals surface area contributed by atoms with Crippen molar-refractivity contribution in [1.82, 2.24) is 10.1 Å².